The first kappa shape index (κ1) is 10.7. The molecule has 106 valence electrons. The maximum Gasteiger partial charge on any atom is 0.313 e. The van der Waals surface area contributed by atoms with Crippen molar-refractivity contribution in [3.8, 4) is 5.75 Å². The molecule has 0 heterocycles. The number of esters is 1. The molecule has 0 radical (unpaired) electrons. The molecule has 0 amide bonds. The minimum absolute atomic E-state index is 0.364. The van der Waals surface area contributed by atoms with Gasteiger partial charge in [-0.25, -0.2) is 0 Å². The van der Waals surface area contributed by atoms with Crippen molar-refractivity contribution < 1.29 is 18.4 Å². The van der Waals surface area contributed by atoms with Crippen LogP contribution >= 0.6 is 0 Å². The summed E-state index contributed by atoms with van der Waals surface area (Å²) in [5.41, 5.74) is 0.424. The van der Waals surface area contributed by atoms with Gasteiger partial charge in [0.1, 0.15) is 5.75 Å². The van der Waals surface area contributed by atoms with Crippen molar-refractivity contribution in [2.45, 2.75) is 32.7 Å². The molecule has 0 bridgehead atoms. The Bertz CT molecular complexity index is 708. The van der Waals surface area contributed by atoms with E-state index in [0.717, 1.165) is 16.5 Å². The molecule has 0 aromatic heterocycles. The van der Waals surface area contributed by atoms with E-state index in [2.05, 4.69) is 0 Å². The fourth-order valence-electron chi connectivity index (χ4n) is 1.99. The Morgan fingerprint density at radius 2 is 1.85 bits per heavy atom. The zero-order valence-electron chi connectivity index (χ0n) is 14.8. The van der Waals surface area contributed by atoms with Crippen LogP contribution in [0, 0.1) is 0 Å². The van der Waals surface area contributed by atoms with Crippen molar-refractivity contribution in [3.63, 3.8) is 0 Å². The van der Waals surface area contributed by atoms with Gasteiger partial charge in [-0.3, -0.25) is 4.79 Å². The van der Waals surface area contributed by atoms with Crippen LogP contribution in [0.2, 0.25) is 0 Å². The Hall–Kier alpha value is -2.03. The molecular weight excluding hydrogens is 252 g/mol. The Labute approximate surface area is 123 Å². The van der Waals surface area contributed by atoms with Crippen molar-refractivity contribution in [2.24, 2.45) is 0 Å². The number of hydrogen-bond donors (Lipinski definition) is 0. The molecule has 20 heavy (non-hydrogen) atoms. The summed E-state index contributed by atoms with van der Waals surface area (Å²) in [6, 6.07) is 10.6. The van der Waals surface area contributed by atoms with Crippen LogP contribution in [0.1, 0.15) is 36.3 Å². The smallest absolute Gasteiger partial charge is 0.313 e. The number of carbonyl (C=O) groups is 1. The van der Waals surface area contributed by atoms with Gasteiger partial charge in [0.15, 0.2) is 0 Å². The number of rotatable bonds is 4. The van der Waals surface area contributed by atoms with Gasteiger partial charge >= 0.3 is 5.97 Å². The molecule has 0 aliphatic heterocycles. The number of hydrogen-bond acceptors (Lipinski definition) is 3. The van der Waals surface area contributed by atoms with Crippen LogP contribution in [0.25, 0.3) is 10.8 Å². The van der Waals surface area contributed by atoms with E-state index in [1.165, 1.54) is 0 Å². The maximum absolute atomic E-state index is 12.2. The third kappa shape index (κ3) is 3.10. The number of fused-ring (bicyclic) bond motifs is 1. The first-order valence-electron chi connectivity index (χ1n) is 8.00. The van der Waals surface area contributed by atoms with Crippen LogP contribution in [-0.2, 0) is 9.53 Å². The van der Waals surface area contributed by atoms with Crippen molar-refractivity contribution in [2.75, 3.05) is 7.11 Å². The molecule has 3 nitrogen and oxygen atoms in total. The van der Waals surface area contributed by atoms with E-state index < -0.39 is 18.7 Å². The van der Waals surface area contributed by atoms with E-state index in [9.17, 15) is 4.79 Å². The monoisotopic (exact) mass is 275 g/mol. The Kier molecular flexibility index (Phi) is 3.19. The second-order valence-electron chi connectivity index (χ2n) is 4.89. The summed E-state index contributed by atoms with van der Waals surface area (Å²) in [5.74, 6) is -1.30. The van der Waals surface area contributed by atoms with Crippen LogP contribution in [0.4, 0.5) is 0 Å². The Balaban J connectivity index is 2.46. The van der Waals surface area contributed by atoms with Gasteiger partial charge in [0.05, 0.1) is 19.1 Å². The fraction of sp³-hybridized carbons (Fsp3) is 0.353. The number of carbonyl (C=O) groups excluding carboxylic acids is 1. The highest BCUT2D eigenvalue weighted by Gasteiger charge is 2.18. The zero-order chi connectivity index (χ0) is 17.2. The fourth-order valence-corrected chi connectivity index (χ4v) is 1.99. The first-order valence-corrected chi connectivity index (χ1v) is 6.50. The number of ether oxygens (including phenoxy) is 2. The quantitative estimate of drug-likeness (QED) is 0.794. The lowest BCUT2D eigenvalue weighted by atomic mass is 9.98. The molecule has 0 fully saturated rings. The molecule has 2 aromatic rings. The van der Waals surface area contributed by atoms with Crippen molar-refractivity contribution in [1.29, 1.82) is 0 Å². The summed E-state index contributed by atoms with van der Waals surface area (Å²) < 4.78 is 33.4. The van der Waals surface area contributed by atoms with Gasteiger partial charge in [-0.15, -0.1) is 0 Å². The lowest BCUT2D eigenvalue weighted by Crippen LogP contribution is -2.17. The first-order chi connectivity index (χ1) is 10.7. The Morgan fingerprint density at radius 1 is 1.15 bits per heavy atom. The minimum Gasteiger partial charge on any atom is -0.497 e. The summed E-state index contributed by atoms with van der Waals surface area (Å²) in [7, 11) is 1.59. The molecule has 2 aromatic carbocycles. The molecule has 1 unspecified atom stereocenters. The van der Waals surface area contributed by atoms with Crippen LogP contribution < -0.4 is 4.74 Å². The number of methoxy groups -OCH3 is 1. The van der Waals surface area contributed by atoms with Crippen molar-refractivity contribution >= 4 is 16.7 Å². The highest BCUT2D eigenvalue weighted by Crippen LogP contribution is 2.25. The van der Waals surface area contributed by atoms with E-state index in [1.807, 2.05) is 12.1 Å². The van der Waals surface area contributed by atoms with Crippen LogP contribution in [0.15, 0.2) is 36.4 Å². The predicted molar refractivity (Wildman–Crippen MR) is 80.1 cm³/mol. The highest BCUT2D eigenvalue weighted by atomic mass is 16.5. The van der Waals surface area contributed by atoms with E-state index >= 15 is 0 Å². The van der Waals surface area contributed by atoms with Crippen molar-refractivity contribution in [1.82, 2.24) is 0 Å². The normalized spacial score (nSPS) is 15.3. The molecule has 1 atom stereocenters. The number of benzene rings is 2. The largest absolute Gasteiger partial charge is 0.497 e. The molecule has 3 heteroatoms. The van der Waals surface area contributed by atoms with Gasteiger partial charge in [0.25, 0.3) is 0 Å². The molecule has 0 saturated carbocycles. The zero-order valence-corrected chi connectivity index (χ0v) is 11.8. The third-order valence-electron chi connectivity index (χ3n) is 2.99. The molecule has 0 saturated heterocycles. The average molecular weight is 275 g/mol. The van der Waals surface area contributed by atoms with Crippen molar-refractivity contribution in [3.05, 3.63) is 42.0 Å². The molecule has 0 N–H and O–H groups in total. The molecule has 0 aliphatic carbocycles. The molecule has 2 rings (SSSR count). The third-order valence-corrected chi connectivity index (χ3v) is 2.99. The molecule has 0 spiro atoms. The highest BCUT2D eigenvalue weighted by molar-refractivity contribution is 5.86. The summed E-state index contributed by atoms with van der Waals surface area (Å²) >= 11 is 0. The van der Waals surface area contributed by atoms with Gasteiger partial charge in [0, 0.05) is 4.11 Å². The second-order valence-corrected chi connectivity index (χ2v) is 4.89. The second kappa shape index (κ2) is 5.95. The van der Waals surface area contributed by atoms with Crippen LogP contribution in [0.3, 0.4) is 0 Å². The van der Waals surface area contributed by atoms with E-state index in [-0.39, 0.29) is 6.10 Å². The summed E-state index contributed by atoms with van der Waals surface area (Å²) in [4.78, 5) is 12.2. The SMILES string of the molecule is [2H]C([2H])([2H])C(C(=O)OC(C)C)c1ccc2cc(OC)ccc2c1. The minimum atomic E-state index is -2.47. The molecular formula is C17H20O3. The van der Waals surface area contributed by atoms with Gasteiger partial charge in [-0.2, -0.15) is 0 Å². The van der Waals surface area contributed by atoms with Gasteiger partial charge in [-0.05, 0) is 49.2 Å². The summed E-state index contributed by atoms with van der Waals surface area (Å²) in [6.07, 6.45) is -0.364. The van der Waals surface area contributed by atoms with E-state index in [4.69, 9.17) is 13.6 Å². The lowest BCUT2D eigenvalue weighted by molar-refractivity contribution is -0.148. The van der Waals surface area contributed by atoms with Crippen LogP contribution in [-0.4, -0.2) is 19.2 Å². The van der Waals surface area contributed by atoms with Gasteiger partial charge < -0.3 is 9.47 Å². The molecule has 0 aliphatic rings. The Morgan fingerprint density at radius 3 is 2.50 bits per heavy atom. The van der Waals surface area contributed by atoms with E-state index in [1.54, 1.807) is 45.2 Å². The predicted octanol–water partition coefficient (Wildman–Crippen LogP) is 3.90. The maximum atomic E-state index is 12.2. The van der Waals surface area contributed by atoms with E-state index in [0.29, 0.717) is 5.56 Å². The topological polar surface area (TPSA) is 35.5 Å². The summed E-state index contributed by atoms with van der Waals surface area (Å²) in [5, 5.41) is 1.75. The standard InChI is InChI=1S/C17H20O3/c1-11(2)20-17(18)12(3)13-5-6-15-10-16(19-4)8-7-14(15)9-13/h5-12H,1-4H3/i3D3. The van der Waals surface area contributed by atoms with Crippen LogP contribution in [0.5, 0.6) is 5.75 Å². The average Bonchev–Trinajstić information content (AvgIpc) is 2.44. The summed E-state index contributed by atoms with van der Waals surface area (Å²) in [6.45, 7) is 0.925. The lowest BCUT2D eigenvalue weighted by Gasteiger charge is -2.14. The van der Waals surface area contributed by atoms with Gasteiger partial charge in [-0.1, -0.05) is 24.3 Å². The van der Waals surface area contributed by atoms with Gasteiger partial charge in [0.2, 0.25) is 0 Å².